The fourth-order valence-corrected chi connectivity index (χ4v) is 3.02. The maximum atomic E-state index is 12.9. The number of carbonyl (C=O) groups is 3. The van der Waals surface area contributed by atoms with Crippen molar-refractivity contribution in [3.05, 3.63) is 101 Å². The fraction of sp³-hybridized carbons (Fsp3) is 0.125. The van der Waals surface area contributed by atoms with Gasteiger partial charge in [0.1, 0.15) is 12.1 Å². The zero-order chi connectivity index (χ0) is 22.2. The number of para-hydroxylation sites is 1. The summed E-state index contributed by atoms with van der Waals surface area (Å²) in [7, 11) is 0. The van der Waals surface area contributed by atoms with Gasteiger partial charge in [-0.2, -0.15) is 0 Å². The second kappa shape index (κ2) is 10.4. The van der Waals surface area contributed by atoms with Crippen molar-refractivity contribution in [3.8, 4) is 0 Å². The fourth-order valence-electron chi connectivity index (χ4n) is 2.90. The van der Waals surface area contributed by atoms with Crippen molar-refractivity contribution in [2.24, 2.45) is 0 Å². The zero-order valence-corrected chi connectivity index (χ0v) is 17.6. The van der Waals surface area contributed by atoms with Crippen molar-refractivity contribution in [2.75, 3.05) is 5.32 Å². The molecule has 3 aromatic rings. The highest BCUT2D eigenvalue weighted by atomic mass is 35.5. The van der Waals surface area contributed by atoms with Crippen molar-refractivity contribution >= 4 is 35.0 Å². The molecule has 0 spiro atoms. The number of anilines is 1. The van der Waals surface area contributed by atoms with Gasteiger partial charge in [0.2, 0.25) is 5.91 Å². The van der Waals surface area contributed by atoms with Crippen LogP contribution >= 0.6 is 11.6 Å². The van der Waals surface area contributed by atoms with Gasteiger partial charge in [0.25, 0.3) is 11.8 Å². The van der Waals surface area contributed by atoms with Crippen LogP contribution in [-0.2, 0) is 9.59 Å². The molecule has 0 heterocycles. The first kappa shape index (κ1) is 22.1. The third kappa shape index (κ3) is 6.17. The van der Waals surface area contributed by atoms with Crippen molar-refractivity contribution in [1.82, 2.24) is 10.6 Å². The van der Waals surface area contributed by atoms with Crippen molar-refractivity contribution in [2.45, 2.75) is 19.0 Å². The molecule has 2 unspecified atom stereocenters. The van der Waals surface area contributed by atoms with Crippen LogP contribution in [0.1, 0.15) is 28.9 Å². The van der Waals surface area contributed by atoms with Gasteiger partial charge >= 0.3 is 0 Å². The second-order valence-electron chi connectivity index (χ2n) is 6.91. The van der Waals surface area contributed by atoms with Crippen molar-refractivity contribution < 1.29 is 14.4 Å². The summed E-state index contributed by atoms with van der Waals surface area (Å²) >= 11 is 5.84. The van der Waals surface area contributed by atoms with E-state index in [1.807, 2.05) is 12.1 Å². The van der Waals surface area contributed by atoms with E-state index < -0.39 is 23.9 Å². The Bertz CT molecular complexity index is 1040. The predicted molar refractivity (Wildman–Crippen MR) is 121 cm³/mol. The molecule has 3 N–H and O–H groups in total. The first-order chi connectivity index (χ1) is 14.9. The van der Waals surface area contributed by atoms with Crippen LogP contribution < -0.4 is 16.0 Å². The lowest BCUT2D eigenvalue weighted by Gasteiger charge is -2.21. The molecule has 6 nitrogen and oxygen atoms in total. The first-order valence-corrected chi connectivity index (χ1v) is 10.1. The largest absolute Gasteiger partial charge is 0.341 e. The van der Waals surface area contributed by atoms with E-state index in [0.29, 0.717) is 21.8 Å². The predicted octanol–water partition coefficient (Wildman–Crippen LogP) is 3.95. The average molecular weight is 436 g/mol. The Balaban J connectivity index is 1.70. The van der Waals surface area contributed by atoms with Crippen LogP contribution in [0.25, 0.3) is 0 Å². The molecule has 0 saturated heterocycles. The van der Waals surface area contributed by atoms with E-state index in [9.17, 15) is 14.4 Å². The molecule has 0 aliphatic carbocycles. The van der Waals surface area contributed by atoms with Crippen LogP contribution in [0.5, 0.6) is 0 Å². The van der Waals surface area contributed by atoms with Gasteiger partial charge in [-0.05, 0) is 48.9 Å². The molecule has 0 aromatic heterocycles. The smallest absolute Gasteiger partial charge is 0.251 e. The number of nitrogens with one attached hydrogen (secondary N) is 3. The Morgan fingerprint density at radius 3 is 1.94 bits per heavy atom. The maximum absolute atomic E-state index is 12.9. The van der Waals surface area contributed by atoms with Gasteiger partial charge in [0.15, 0.2) is 0 Å². The first-order valence-electron chi connectivity index (χ1n) is 9.71. The van der Waals surface area contributed by atoms with Crippen LogP contribution in [0.15, 0.2) is 84.9 Å². The second-order valence-corrected chi connectivity index (χ2v) is 7.35. The molecule has 31 heavy (non-hydrogen) atoms. The molecule has 0 saturated carbocycles. The van der Waals surface area contributed by atoms with E-state index in [0.717, 1.165) is 0 Å². The molecule has 0 fully saturated rings. The van der Waals surface area contributed by atoms with Gasteiger partial charge in [0.05, 0.1) is 0 Å². The van der Waals surface area contributed by atoms with Gasteiger partial charge in [-0.15, -0.1) is 0 Å². The minimum absolute atomic E-state index is 0.380. The summed E-state index contributed by atoms with van der Waals surface area (Å²) in [4.78, 5) is 38.1. The molecule has 3 rings (SSSR count). The van der Waals surface area contributed by atoms with E-state index in [-0.39, 0.29) is 5.91 Å². The molecular weight excluding hydrogens is 414 g/mol. The number of carbonyl (C=O) groups excluding carboxylic acids is 3. The van der Waals surface area contributed by atoms with Gasteiger partial charge in [0, 0.05) is 16.3 Å². The van der Waals surface area contributed by atoms with Crippen molar-refractivity contribution in [3.63, 3.8) is 0 Å². The van der Waals surface area contributed by atoms with Gasteiger partial charge < -0.3 is 16.0 Å². The van der Waals surface area contributed by atoms with Crippen LogP contribution in [-0.4, -0.2) is 23.8 Å². The normalized spacial score (nSPS) is 12.3. The van der Waals surface area contributed by atoms with E-state index >= 15 is 0 Å². The standard InChI is InChI=1S/C24H22ClN3O3/c1-16(26-23(30)18-12-14-19(25)15-13-18)22(29)28-21(17-8-4-2-5-9-17)24(31)27-20-10-6-3-7-11-20/h2-16,21H,1H3,(H,26,30)(H,27,31)(H,28,29). The van der Waals surface area contributed by atoms with E-state index in [1.54, 1.807) is 79.7 Å². The summed E-state index contributed by atoms with van der Waals surface area (Å²) in [5.41, 5.74) is 1.62. The Kier molecular flexibility index (Phi) is 7.40. The molecule has 0 bridgehead atoms. The third-order valence-corrected chi connectivity index (χ3v) is 4.82. The van der Waals surface area contributed by atoms with E-state index in [1.165, 1.54) is 0 Å². The highest BCUT2D eigenvalue weighted by Gasteiger charge is 2.26. The van der Waals surface area contributed by atoms with Gasteiger partial charge in [-0.1, -0.05) is 60.1 Å². The minimum atomic E-state index is -0.927. The van der Waals surface area contributed by atoms with E-state index in [4.69, 9.17) is 11.6 Å². The molecule has 3 aromatic carbocycles. The number of hydrogen-bond acceptors (Lipinski definition) is 3. The summed E-state index contributed by atoms with van der Waals surface area (Å²) in [6.45, 7) is 1.56. The Labute approximate surface area is 185 Å². The molecule has 158 valence electrons. The number of amides is 3. The molecule has 0 aliphatic rings. The molecule has 0 aliphatic heterocycles. The SMILES string of the molecule is CC(NC(=O)c1ccc(Cl)cc1)C(=O)NC(C(=O)Nc1ccccc1)c1ccccc1. The molecule has 2 atom stereocenters. The summed E-state index contributed by atoms with van der Waals surface area (Å²) in [6, 6.07) is 22.4. The lowest BCUT2D eigenvalue weighted by atomic mass is 10.1. The molecular formula is C24H22ClN3O3. The van der Waals surface area contributed by atoms with Gasteiger partial charge in [-0.25, -0.2) is 0 Å². The maximum Gasteiger partial charge on any atom is 0.251 e. The van der Waals surface area contributed by atoms with E-state index in [2.05, 4.69) is 16.0 Å². The highest BCUT2D eigenvalue weighted by molar-refractivity contribution is 6.30. The Morgan fingerprint density at radius 1 is 0.742 bits per heavy atom. The number of benzene rings is 3. The number of rotatable bonds is 7. The highest BCUT2D eigenvalue weighted by Crippen LogP contribution is 2.16. The van der Waals surface area contributed by atoms with Crippen LogP contribution in [0.2, 0.25) is 5.02 Å². The monoisotopic (exact) mass is 435 g/mol. The third-order valence-electron chi connectivity index (χ3n) is 4.57. The van der Waals surface area contributed by atoms with Crippen LogP contribution in [0.4, 0.5) is 5.69 Å². The molecule has 7 heteroatoms. The topological polar surface area (TPSA) is 87.3 Å². The number of hydrogen-bond donors (Lipinski definition) is 3. The van der Waals surface area contributed by atoms with Crippen LogP contribution in [0, 0.1) is 0 Å². The van der Waals surface area contributed by atoms with Crippen molar-refractivity contribution in [1.29, 1.82) is 0 Å². The zero-order valence-electron chi connectivity index (χ0n) is 16.8. The number of halogens is 1. The molecule has 3 amide bonds. The lowest BCUT2D eigenvalue weighted by molar-refractivity contribution is -0.127. The quantitative estimate of drug-likeness (QED) is 0.525. The lowest BCUT2D eigenvalue weighted by Crippen LogP contribution is -2.48. The summed E-state index contributed by atoms with van der Waals surface area (Å²) in [5, 5.41) is 8.68. The molecule has 0 radical (unpaired) electrons. The minimum Gasteiger partial charge on any atom is -0.341 e. The summed E-state index contributed by atoms with van der Waals surface area (Å²) in [5.74, 6) is -1.29. The van der Waals surface area contributed by atoms with Gasteiger partial charge in [-0.3, -0.25) is 14.4 Å². The Morgan fingerprint density at radius 2 is 1.32 bits per heavy atom. The summed E-state index contributed by atoms with van der Waals surface area (Å²) in [6.07, 6.45) is 0. The Hall–Kier alpha value is -3.64. The summed E-state index contributed by atoms with van der Waals surface area (Å²) < 4.78 is 0. The average Bonchev–Trinajstić information content (AvgIpc) is 2.78. The van der Waals surface area contributed by atoms with Crippen LogP contribution in [0.3, 0.4) is 0 Å².